The summed E-state index contributed by atoms with van der Waals surface area (Å²) in [7, 11) is 1.26. The van der Waals surface area contributed by atoms with E-state index in [0.717, 1.165) is 11.1 Å². The summed E-state index contributed by atoms with van der Waals surface area (Å²) >= 11 is 0. The molecule has 0 N–H and O–H groups in total. The Bertz CT molecular complexity index is 580. The van der Waals surface area contributed by atoms with Crippen molar-refractivity contribution in [3.8, 4) is 0 Å². The second-order valence-corrected chi connectivity index (χ2v) is 3.83. The van der Waals surface area contributed by atoms with Gasteiger partial charge < -0.3 is 4.74 Å². The molecule has 1 aromatic carbocycles. The third kappa shape index (κ3) is 2.53. The molecule has 2 rings (SSSR count). The van der Waals surface area contributed by atoms with Gasteiger partial charge in [0.2, 0.25) is 0 Å². The van der Waals surface area contributed by atoms with Crippen LogP contribution >= 0.6 is 0 Å². The topological polar surface area (TPSA) is 57.0 Å². The third-order valence-corrected chi connectivity index (χ3v) is 2.55. The van der Waals surface area contributed by atoms with E-state index in [-0.39, 0.29) is 11.6 Å². The number of nitrogens with zero attached hydrogens (tertiary/aromatic N) is 3. The quantitative estimate of drug-likeness (QED) is 0.774. The van der Waals surface area contributed by atoms with Crippen molar-refractivity contribution in [1.82, 2.24) is 14.8 Å². The highest BCUT2D eigenvalue weighted by Gasteiger charge is 2.11. The zero-order valence-corrected chi connectivity index (χ0v) is 10.1. The molecule has 0 unspecified atom stereocenters. The van der Waals surface area contributed by atoms with E-state index in [2.05, 4.69) is 14.8 Å². The minimum Gasteiger partial charge on any atom is -0.463 e. The molecular formula is C12H12FN3O2. The van der Waals surface area contributed by atoms with Crippen molar-refractivity contribution in [2.24, 2.45) is 0 Å². The lowest BCUT2D eigenvalue weighted by Gasteiger charge is -2.05. The van der Waals surface area contributed by atoms with E-state index in [9.17, 15) is 9.18 Å². The molecule has 1 heterocycles. The van der Waals surface area contributed by atoms with E-state index in [0.29, 0.717) is 6.54 Å². The second kappa shape index (κ2) is 4.95. The fourth-order valence-electron chi connectivity index (χ4n) is 1.54. The first kappa shape index (κ1) is 12.2. The number of aromatic nitrogens is 3. The first-order valence-electron chi connectivity index (χ1n) is 5.33. The van der Waals surface area contributed by atoms with Gasteiger partial charge >= 0.3 is 5.97 Å². The Balaban J connectivity index is 2.21. The fourth-order valence-corrected chi connectivity index (χ4v) is 1.54. The van der Waals surface area contributed by atoms with Gasteiger partial charge in [0.25, 0.3) is 5.82 Å². The van der Waals surface area contributed by atoms with Gasteiger partial charge in [-0.05, 0) is 30.2 Å². The summed E-state index contributed by atoms with van der Waals surface area (Å²) in [6.45, 7) is 2.24. The number of rotatable bonds is 3. The van der Waals surface area contributed by atoms with Crippen LogP contribution in [0.2, 0.25) is 0 Å². The van der Waals surface area contributed by atoms with Gasteiger partial charge in [-0.3, -0.25) is 0 Å². The van der Waals surface area contributed by atoms with Gasteiger partial charge in [0.05, 0.1) is 13.7 Å². The van der Waals surface area contributed by atoms with Crippen molar-refractivity contribution >= 4 is 5.97 Å². The van der Waals surface area contributed by atoms with Gasteiger partial charge in [-0.15, -0.1) is 5.10 Å². The van der Waals surface area contributed by atoms with E-state index < -0.39 is 5.97 Å². The van der Waals surface area contributed by atoms with Gasteiger partial charge in [-0.1, -0.05) is 6.07 Å². The lowest BCUT2D eigenvalue weighted by Crippen LogP contribution is -2.07. The number of carbonyl (C=O) groups excluding carboxylic acids is 1. The summed E-state index contributed by atoms with van der Waals surface area (Å²) in [4.78, 5) is 15.0. The van der Waals surface area contributed by atoms with Crippen molar-refractivity contribution in [1.29, 1.82) is 0 Å². The highest BCUT2D eigenvalue weighted by atomic mass is 19.1. The average Bonchev–Trinajstić information content (AvgIpc) is 2.81. The number of aryl methyl sites for hydroxylation is 1. The normalized spacial score (nSPS) is 10.4. The highest BCUT2D eigenvalue weighted by molar-refractivity contribution is 5.84. The Morgan fingerprint density at radius 3 is 3.00 bits per heavy atom. The predicted octanol–water partition coefficient (Wildman–Crippen LogP) is 1.56. The molecule has 0 amide bonds. The van der Waals surface area contributed by atoms with Gasteiger partial charge in [-0.2, -0.15) is 0 Å². The molecular weight excluding hydrogens is 237 g/mol. The standard InChI is InChI=1S/C12H12FN3O2/c1-8-3-4-10(13)5-9(8)6-16-7-14-11(15-16)12(17)18-2/h3-5,7H,6H2,1-2H3. The van der Waals surface area contributed by atoms with E-state index >= 15 is 0 Å². The van der Waals surface area contributed by atoms with Gasteiger partial charge in [0.15, 0.2) is 0 Å². The Morgan fingerprint density at radius 1 is 1.50 bits per heavy atom. The number of benzene rings is 1. The van der Waals surface area contributed by atoms with Crippen LogP contribution in [0.1, 0.15) is 21.7 Å². The maximum atomic E-state index is 13.1. The first-order chi connectivity index (χ1) is 8.60. The van der Waals surface area contributed by atoms with Gasteiger partial charge in [0.1, 0.15) is 12.1 Å². The number of hydrogen-bond donors (Lipinski definition) is 0. The van der Waals surface area contributed by atoms with Crippen LogP contribution in [-0.4, -0.2) is 27.8 Å². The SMILES string of the molecule is COC(=O)c1ncn(Cc2cc(F)ccc2C)n1. The van der Waals surface area contributed by atoms with Crippen LogP contribution < -0.4 is 0 Å². The molecule has 94 valence electrons. The van der Waals surface area contributed by atoms with Crippen molar-refractivity contribution in [2.45, 2.75) is 13.5 Å². The maximum absolute atomic E-state index is 13.1. The number of ether oxygens (including phenoxy) is 1. The summed E-state index contributed by atoms with van der Waals surface area (Å²) in [5.41, 5.74) is 1.74. The van der Waals surface area contributed by atoms with Gasteiger partial charge in [0, 0.05) is 0 Å². The largest absolute Gasteiger partial charge is 0.463 e. The van der Waals surface area contributed by atoms with Crippen LogP contribution in [0.15, 0.2) is 24.5 Å². The molecule has 0 atom stereocenters. The van der Waals surface area contributed by atoms with Crippen molar-refractivity contribution in [2.75, 3.05) is 7.11 Å². The molecule has 0 spiro atoms. The number of methoxy groups -OCH3 is 1. The summed E-state index contributed by atoms with van der Waals surface area (Å²) in [5, 5.41) is 3.96. The molecule has 0 aliphatic heterocycles. The Labute approximate surface area is 103 Å². The number of halogens is 1. The lowest BCUT2D eigenvalue weighted by molar-refractivity contribution is 0.0586. The van der Waals surface area contributed by atoms with E-state index in [1.807, 2.05) is 6.92 Å². The summed E-state index contributed by atoms with van der Waals surface area (Å²) < 4.78 is 19.1. The van der Waals surface area contributed by atoms with Crippen molar-refractivity contribution in [3.63, 3.8) is 0 Å². The third-order valence-electron chi connectivity index (χ3n) is 2.55. The second-order valence-electron chi connectivity index (χ2n) is 3.83. The van der Waals surface area contributed by atoms with E-state index in [1.54, 1.807) is 6.07 Å². The minimum atomic E-state index is -0.593. The minimum absolute atomic E-state index is 0.00782. The number of carbonyl (C=O) groups is 1. The molecule has 5 nitrogen and oxygen atoms in total. The Hall–Kier alpha value is -2.24. The molecule has 0 saturated carbocycles. The summed E-state index contributed by atoms with van der Waals surface area (Å²) in [5.74, 6) is -0.903. The lowest BCUT2D eigenvalue weighted by atomic mass is 10.1. The highest BCUT2D eigenvalue weighted by Crippen LogP contribution is 2.11. The zero-order valence-electron chi connectivity index (χ0n) is 10.1. The average molecular weight is 249 g/mol. The monoisotopic (exact) mass is 249 g/mol. The fraction of sp³-hybridized carbons (Fsp3) is 0.250. The molecule has 18 heavy (non-hydrogen) atoms. The molecule has 0 saturated heterocycles. The van der Waals surface area contributed by atoms with Crippen molar-refractivity contribution < 1.29 is 13.9 Å². The smallest absolute Gasteiger partial charge is 0.377 e. The first-order valence-corrected chi connectivity index (χ1v) is 5.33. The van der Waals surface area contributed by atoms with Crippen LogP contribution in [0.4, 0.5) is 4.39 Å². The molecule has 1 aromatic heterocycles. The van der Waals surface area contributed by atoms with Crippen LogP contribution in [-0.2, 0) is 11.3 Å². The van der Waals surface area contributed by atoms with E-state index in [1.165, 1.54) is 30.3 Å². The Kier molecular flexibility index (Phi) is 3.36. The number of esters is 1. The molecule has 0 fully saturated rings. The van der Waals surface area contributed by atoms with Gasteiger partial charge in [-0.25, -0.2) is 18.9 Å². The van der Waals surface area contributed by atoms with Crippen LogP contribution in [0.3, 0.4) is 0 Å². The van der Waals surface area contributed by atoms with Crippen molar-refractivity contribution in [3.05, 3.63) is 47.3 Å². The molecule has 0 aliphatic rings. The van der Waals surface area contributed by atoms with Crippen LogP contribution in [0, 0.1) is 12.7 Å². The maximum Gasteiger partial charge on any atom is 0.377 e. The number of hydrogen-bond acceptors (Lipinski definition) is 4. The molecule has 6 heteroatoms. The van der Waals surface area contributed by atoms with E-state index in [4.69, 9.17) is 0 Å². The molecule has 0 aliphatic carbocycles. The zero-order chi connectivity index (χ0) is 13.1. The van der Waals surface area contributed by atoms with Crippen LogP contribution in [0.5, 0.6) is 0 Å². The van der Waals surface area contributed by atoms with Crippen LogP contribution in [0.25, 0.3) is 0 Å². The molecule has 2 aromatic rings. The molecule has 0 radical (unpaired) electrons. The summed E-state index contributed by atoms with van der Waals surface area (Å²) in [6.07, 6.45) is 1.41. The predicted molar refractivity (Wildman–Crippen MR) is 61.6 cm³/mol. The molecule has 0 bridgehead atoms. The Morgan fingerprint density at radius 2 is 2.28 bits per heavy atom. The summed E-state index contributed by atoms with van der Waals surface area (Å²) in [6, 6.07) is 4.54.